The number of halogens is 1. The first kappa shape index (κ1) is 31.5. The number of Topliss-reactive ketones (excluding diaryl/α,β-unsaturated/α-hetero) is 1. The van der Waals surface area contributed by atoms with E-state index in [0.717, 1.165) is 66.7 Å². The molecule has 5 rings (SSSR count). The van der Waals surface area contributed by atoms with Crippen molar-refractivity contribution >= 4 is 40.6 Å². The maximum atomic E-state index is 14.3. The predicted molar refractivity (Wildman–Crippen MR) is 176 cm³/mol. The summed E-state index contributed by atoms with van der Waals surface area (Å²) < 4.78 is 5.75. The van der Waals surface area contributed by atoms with E-state index in [1.165, 1.54) is 0 Å². The van der Waals surface area contributed by atoms with Crippen LogP contribution in [0.5, 0.6) is 5.75 Å². The van der Waals surface area contributed by atoms with E-state index in [-0.39, 0.29) is 23.6 Å². The summed E-state index contributed by atoms with van der Waals surface area (Å²) >= 11 is 6.16. The number of nitrogens with one attached hydrogen (secondary N) is 1. The van der Waals surface area contributed by atoms with Crippen molar-refractivity contribution in [3.63, 3.8) is 0 Å². The van der Waals surface area contributed by atoms with Crippen LogP contribution >= 0.6 is 11.6 Å². The standard InChI is InChI=1S/C37H41ClN2O4/c1-3-5-7-16-34(42)40-32-15-10-9-14-30(32)39-31-23-27(25-18-20-28(38)21-19-25)24-33(41)36(31)37(40)26-12-11-13-29(22-26)44-35(43)17-8-6-4-2/h9-15,18-22,27,37,39H,3-8,16-17,23-24H2,1-2H3/t27-,37-/m1/s1. The highest BCUT2D eigenvalue weighted by Crippen LogP contribution is 2.48. The van der Waals surface area contributed by atoms with E-state index < -0.39 is 6.04 Å². The normalized spacial score (nSPS) is 17.8. The SMILES string of the molecule is CCCCCC(=O)Oc1cccc([C@@H]2C3=C(C[C@@H](c4ccc(Cl)cc4)CC3=O)Nc3ccccc3N2C(=O)CCCCC)c1. The summed E-state index contributed by atoms with van der Waals surface area (Å²) in [6.07, 6.45) is 7.12. The number of carbonyl (C=O) groups excluding carboxylic acids is 3. The van der Waals surface area contributed by atoms with Gasteiger partial charge in [-0.3, -0.25) is 19.3 Å². The molecule has 1 amide bonds. The van der Waals surface area contributed by atoms with Gasteiger partial charge >= 0.3 is 5.97 Å². The lowest BCUT2D eigenvalue weighted by molar-refractivity contribution is -0.134. The highest BCUT2D eigenvalue weighted by Gasteiger charge is 2.41. The molecule has 2 aliphatic rings. The summed E-state index contributed by atoms with van der Waals surface area (Å²) in [5.41, 5.74) is 4.69. The summed E-state index contributed by atoms with van der Waals surface area (Å²) in [6, 6.07) is 22.1. The number of unbranched alkanes of at least 4 members (excludes halogenated alkanes) is 4. The van der Waals surface area contributed by atoms with Gasteiger partial charge in [0.15, 0.2) is 5.78 Å². The zero-order valence-electron chi connectivity index (χ0n) is 25.6. The minimum Gasteiger partial charge on any atom is -0.427 e. The molecular weight excluding hydrogens is 572 g/mol. The molecule has 0 fully saturated rings. The van der Waals surface area contributed by atoms with Crippen molar-refractivity contribution in [2.24, 2.45) is 0 Å². The van der Waals surface area contributed by atoms with Crippen LogP contribution in [0.25, 0.3) is 0 Å². The maximum Gasteiger partial charge on any atom is 0.311 e. The summed E-state index contributed by atoms with van der Waals surface area (Å²) in [6.45, 7) is 4.21. The van der Waals surface area contributed by atoms with Gasteiger partial charge in [-0.1, -0.05) is 87.5 Å². The van der Waals surface area contributed by atoms with Crippen molar-refractivity contribution < 1.29 is 19.1 Å². The van der Waals surface area contributed by atoms with Crippen LogP contribution in [0, 0.1) is 0 Å². The quantitative estimate of drug-likeness (QED) is 0.133. The van der Waals surface area contributed by atoms with E-state index in [1.807, 2.05) is 66.7 Å². The predicted octanol–water partition coefficient (Wildman–Crippen LogP) is 9.31. The Bertz CT molecular complexity index is 1530. The molecule has 0 bridgehead atoms. The Morgan fingerprint density at radius 2 is 1.59 bits per heavy atom. The van der Waals surface area contributed by atoms with Gasteiger partial charge in [0.1, 0.15) is 5.75 Å². The van der Waals surface area contributed by atoms with Gasteiger partial charge in [0.2, 0.25) is 5.91 Å². The number of amides is 1. The lowest BCUT2D eigenvalue weighted by Gasteiger charge is -2.35. The van der Waals surface area contributed by atoms with Crippen LogP contribution in [0.1, 0.15) is 101 Å². The first-order valence-electron chi connectivity index (χ1n) is 15.9. The van der Waals surface area contributed by atoms with Crippen LogP contribution in [0.3, 0.4) is 0 Å². The fourth-order valence-corrected chi connectivity index (χ4v) is 6.37. The molecule has 0 unspecified atom stereocenters. The zero-order valence-corrected chi connectivity index (χ0v) is 26.4. The van der Waals surface area contributed by atoms with E-state index in [4.69, 9.17) is 16.3 Å². The Morgan fingerprint density at radius 3 is 2.34 bits per heavy atom. The van der Waals surface area contributed by atoms with E-state index in [1.54, 1.807) is 11.0 Å². The number of ketones is 1. The van der Waals surface area contributed by atoms with Crippen LogP contribution in [-0.4, -0.2) is 17.7 Å². The zero-order chi connectivity index (χ0) is 31.1. The third kappa shape index (κ3) is 7.24. The first-order chi connectivity index (χ1) is 21.4. The number of ether oxygens (including phenoxy) is 1. The minimum atomic E-state index is -0.673. The number of para-hydroxylation sites is 2. The molecule has 1 N–H and O–H groups in total. The molecule has 0 aromatic heterocycles. The van der Waals surface area contributed by atoms with Gasteiger partial charge in [-0.05, 0) is 72.7 Å². The topological polar surface area (TPSA) is 75.7 Å². The summed E-state index contributed by atoms with van der Waals surface area (Å²) in [7, 11) is 0. The number of hydrogen-bond acceptors (Lipinski definition) is 5. The van der Waals surface area contributed by atoms with Crippen LogP contribution in [0.15, 0.2) is 84.1 Å². The van der Waals surface area contributed by atoms with Crippen LogP contribution in [0.2, 0.25) is 5.02 Å². The molecule has 230 valence electrons. The number of nitrogens with zero attached hydrogens (tertiary/aromatic N) is 1. The number of carbonyl (C=O) groups is 3. The smallest absolute Gasteiger partial charge is 0.311 e. The van der Waals surface area contributed by atoms with Crippen molar-refractivity contribution in [2.75, 3.05) is 10.2 Å². The second-order valence-electron chi connectivity index (χ2n) is 11.7. The molecule has 2 atom stereocenters. The number of fused-ring (bicyclic) bond motifs is 1. The second-order valence-corrected chi connectivity index (χ2v) is 12.2. The van der Waals surface area contributed by atoms with Crippen LogP contribution in [0.4, 0.5) is 11.4 Å². The Labute approximate surface area is 265 Å². The van der Waals surface area contributed by atoms with Gasteiger partial charge in [0, 0.05) is 35.6 Å². The van der Waals surface area contributed by atoms with Crippen molar-refractivity contribution in [1.29, 1.82) is 0 Å². The monoisotopic (exact) mass is 612 g/mol. The van der Waals surface area contributed by atoms with E-state index in [2.05, 4.69) is 19.2 Å². The molecule has 3 aromatic rings. The highest BCUT2D eigenvalue weighted by atomic mass is 35.5. The lowest BCUT2D eigenvalue weighted by atomic mass is 9.78. The molecule has 0 saturated heterocycles. The van der Waals surface area contributed by atoms with Crippen molar-refractivity contribution in [2.45, 2.75) is 90.0 Å². The number of hydrogen-bond donors (Lipinski definition) is 1. The second kappa shape index (κ2) is 14.7. The molecule has 0 saturated carbocycles. The third-order valence-electron chi connectivity index (χ3n) is 8.48. The number of allylic oxidation sites excluding steroid dienone is 1. The van der Waals surface area contributed by atoms with E-state index >= 15 is 0 Å². The number of rotatable bonds is 11. The molecule has 0 spiro atoms. The third-order valence-corrected chi connectivity index (χ3v) is 8.73. The van der Waals surface area contributed by atoms with Crippen molar-refractivity contribution in [3.8, 4) is 5.75 Å². The van der Waals surface area contributed by atoms with Gasteiger partial charge in [0.25, 0.3) is 0 Å². The molecular formula is C37H41ClN2O4. The van der Waals surface area contributed by atoms with Gasteiger partial charge < -0.3 is 10.1 Å². The average molecular weight is 613 g/mol. The first-order valence-corrected chi connectivity index (χ1v) is 16.3. The molecule has 1 aliphatic carbocycles. The molecule has 6 nitrogen and oxygen atoms in total. The minimum absolute atomic E-state index is 0.00942. The van der Waals surface area contributed by atoms with E-state index in [9.17, 15) is 14.4 Å². The van der Waals surface area contributed by atoms with Crippen molar-refractivity contribution in [3.05, 3.63) is 100 Å². The summed E-state index contributed by atoms with van der Waals surface area (Å²) in [5, 5.41) is 4.24. The molecule has 0 radical (unpaired) electrons. The van der Waals surface area contributed by atoms with Crippen molar-refractivity contribution in [1.82, 2.24) is 0 Å². The van der Waals surface area contributed by atoms with Gasteiger partial charge in [0.05, 0.1) is 17.4 Å². The van der Waals surface area contributed by atoms with E-state index in [0.29, 0.717) is 42.0 Å². The fourth-order valence-electron chi connectivity index (χ4n) is 6.25. The maximum absolute atomic E-state index is 14.3. The number of anilines is 2. The van der Waals surface area contributed by atoms with Gasteiger partial charge in [-0.15, -0.1) is 0 Å². The molecule has 1 heterocycles. The van der Waals surface area contributed by atoms with Gasteiger partial charge in [-0.25, -0.2) is 0 Å². The largest absolute Gasteiger partial charge is 0.427 e. The molecule has 7 heteroatoms. The van der Waals surface area contributed by atoms with Gasteiger partial charge in [-0.2, -0.15) is 0 Å². The fraction of sp³-hybridized carbons (Fsp3) is 0.378. The number of benzene rings is 3. The Hall–Kier alpha value is -3.90. The highest BCUT2D eigenvalue weighted by molar-refractivity contribution is 6.30. The number of esters is 1. The molecule has 1 aliphatic heterocycles. The van der Waals surface area contributed by atoms with Crippen LogP contribution < -0.4 is 15.0 Å². The Kier molecular flexibility index (Phi) is 10.5. The summed E-state index contributed by atoms with van der Waals surface area (Å²) in [4.78, 5) is 42.8. The molecule has 3 aromatic carbocycles. The summed E-state index contributed by atoms with van der Waals surface area (Å²) in [5.74, 6) is 0.0552. The Morgan fingerprint density at radius 1 is 0.864 bits per heavy atom. The Balaban J connectivity index is 1.60. The molecule has 44 heavy (non-hydrogen) atoms. The lowest BCUT2D eigenvalue weighted by Crippen LogP contribution is -2.38. The average Bonchev–Trinajstić information content (AvgIpc) is 3.16. The van der Waals surface area contributed by atoms with Crippen LogP contribution in [-0.2, 0) is 14.4 Å².